The van der Waals surface area contributed by atoms with Crippen LogP contribution < -0.4 is 0 Å². The number of hydrogen-bond donors (Lipinski definition) is 1. The molecule has 0 radical (unpaired) electrons. The van der Waals surface area contributed by atoms with Crippen LogP contribution in [0.25, 0.3) is 0 Å². The van der Waals surface area contributed by atoms with Crippen molar-refractivity contribution >= 4 is 18.3 Å². The predicted molar refractivity (Wildman–Crippen MR) is 65.7 cm³/mol. The molecule has 1 amide bonds. The molecule has 1 N–H and O–H groups in total. The Labute approximate surface area is 96.6 Å². The predicted octanol–water partition coefficient (Wildman–Crippen LogP) is 2.07. The van der Waals surface area contributed by atoms with Gasteiger partial charge in [0.15, 0.2) is 0 Å². The minimum atomic E-state index is -0.0559. The number of hydrogen-bond acceptors (Lipinski definition) is 3. The number of aliphatic imine (C=N–C) groups is 1. The van der Waals surface area contributed by atoms with Crippen molar-refractivity contribution in [2.75, 3.05) is 7.05 Å². The van der Waals surface area contributed by atoms with Gasteiger partial charge in [0, 0.05) is 31.0 Å². The standard InChI is InChI=1S/C12H19N3O/c1-8(2)7-14-11-10(6-13)5-9(3)12(16)15(11)4/h6-9,13H,5H2,1-4H3/b13-6?,14-7-. The summed E-state index contributed by atoms with van der Waals surface area (Å²) < 4.78 is 0. The van der Waals surface area contributed by atoms with E-state index >= 15 is 0 Å². The smallest absolute Gasteiger partial charge is 0.231 e. The van der Waals surface area contributed by atoms with E-state index in [4.69, 9.17) is 5.41 Å². The van der Waals surface area contributed by atoms with E-state index in [-0.39, 0.29) is 11.8 Å². The van der Waals surface area contributed by atoms with Crippen molar-refractivity contribution in [2.24, 2.45) is 16.8 Å². The Morgan fingerprint density at radius 3 is 2.69 bits per heavy atom. The zero-order valence-electron chi connectivity index (χ0n) is 10.3. The van der Waals surface area contributed by atoms with Crippen molar-refractivity contribution < 1.29 is 4.79 Å². The molecular formula is C12H19N3O. The molecule has 1 rings (SSSR count). The number of carbonyl (C=O) groups is 1. The molecule has 1 atom stereocenters. The molecule has 88 valence electrons. The minimum absolute atomic E-state index is 0.0559. The summed E-state index contributed by atoms with van der Waals surface area (Å²) in [5, 5.41) is 7.36. The van der Waals surface area contributed by atoms with E-state index in [1.165, 1.54) is 6.21 Å². The number of nitrogens with zero attached hydrogens (tertiary/aromatic N) is 2. The van der Waals surface area contributed by atoms with Crippen LogP contribution in [0, 0.1) is 17.2 Å². The Hall–Kier alpha value is -1.45. The minimum Gasteiger partial charge on any atom is -0.308 e. The Balaban J connectivity index is 3.07. The van der Waals surface area contributed by atoms with Crippen LogP contribution in [0.2, 0.25) is 0 Å². The number of rotatable bonds is 3. The summed E-state index contributed by atoms with van der Waals surface area (Å²) in [6, 6.07) is 0. The van der Waals surface area contributed by atoms with Crippen molar-refractivity contribution in [1.82, 2.24) is 4.90 Å². The highest BCUT2D eigenvalue weighted by Gasteiger charge is 2.28. The Bertz CT molecular complexity index is 355. The summed E-state index contributed by atoms with van der Waals surface area (Å²) in [6.45, 7) is 5.94. The molecule has 0 aromatic carbocycles. The van der Waals surface area contributed by atoms with Gasteiger partial charge in [-0.1, -0.05) is 20.8 Å². The fraction of sp³-hybridized carbons (Fsp3) is 0.583. The number of allylic oxidation sites excluding steroid dienone is 1. The van der Waals surface area contributed by atoms with Gasteiger partial charge in [0.2, 0.25) is 5.91 Å². The summed E-state index contributed by atoms with van der Waals surface area (Å²) in [4.78, 5) is 17.6. The van der Waals surface area contributed by atoms with E-state index in [0.29, 0.717) is 18.2 Å². The molecule has 0 spiro atoms. The van der Waals surface area contributed by atoms with Crippen LogP contribution in [0.3, 0.4) is 0 Å². The van der Waals surface area contributed by atoms with Crippen molar-refractivity contribution in [1.29, 1.82) is 5.41 Å². The zero-order chi connectivity index (χ0) is 12.3. The molecule has 1 aliphatic heterocycles. The van der Waals surface area contributed by atoms with Crippen molar-refractivity contribution in [3.05, 3.63) is 11.4 Å². The van der Waals surface area contributed by atoms with Crippen LogP contribution >= 0.6 is 0 Å². The molecular weight excluding hydrogens is 202 g/mol. The molecule has 0 saturated heterocycles. The van der Waals surface area contributed by atoms with E-state index in [2.05, 4.69) is 4.99 Å². The largest absolute Gasteiger partial charge is 0.308 e. The van der Waals surface area contributed by atoms with Gasteiger partial charge in [-0.3, -0.25) is 9.69 Å². The van der Waals surface area contributed by atoms with E-state index in [9.17, 15) is 4.79 Å². The Morgan fingerprint density at radius 1 is 1.56 bits per heavy atom. The normalized spacial score (nSPS) is 22.4. The number of amides is 1. The topological polar surface area (TPSA) is 56.5 Å². The van der Waals surface area contributed by atoms with Gasteiger partial charge in [-0.2, -0.15) is 0 Å². The van der Waals surface area contributed by atoms with E-state index < -0.39 is 0 Å². The molecule has 0 aromatic heterocycles. The number of carbonyl (C=O) groups excluding carboxylic acids is 1. The fourth-order valence-corrected chi connectivity index (χ4v) is 1.67. The highest BCUT2D eigenvalue weighted by molar-refractivity contribution is 5.88. The van der Waals surface area contributed by atoms with Crippen LogP contribution in [0.15, 0.2) is 16.4 Å². The van der Waals surface area contributed by atoms with E-state index in [1.54, 1.807) is 18.2 Å². The lowest BCUT2D eigenvalue weighted by Crippen LogP contribution is -2.36. The summed E-state index contributed by atoms with van der Waals surface area (Å²) in [5.41, 5.74) is 0.825. The lowest BCUT2D eigenvalue weighted by Gasteiger charge is -2.28. The molecule has 0 bridgehead atoms. The van der Waals surface area contributed by atoms with Crippen molar-refractivity contribution in [3.63, 3.8) is 0 Å². The molecule has 4 nitrogen and oxygen atoms in total. The summed E-state index contributed by atoms with van der Waals surface area (Å²) >= 11 is 0. The van der Waals surface area contributed by atoms with Crippen molar-refractivity contribution in [3.8, 4) is 0 Å². The van der Waals surface area contributed by atoms with Gasteiger partial charge in [-0.25, -0.2) is 4.99 Å². The Kier molecular flexibility index (Phi) is 3.99. The summed E-state index contributed by atoms with van der Waals surface area (Å²) in [5.74, 6) is 0.968. The molecule has 0 aromatic rings. The molecule has 16 heavy (non-hydrogen) atoms. The first-order chi connectivity index (χ1) is 7.47. The van der Waals surface area contributed by atoms with E-state index in [0.717, 1.165) is 5.57 Å². The zero-order valence-corrected chi connectivity index (χ0v) is 10.3. The van der Waals surface area contributed by atoms with Crippen LogP contribution in [0.4, 0.5) is 0 Å². The van der Waals surface area contributed by atoms with Gasteiger partial charge in [0.1, 0.15) is 5.82 Å². The maximum atomic E-state index is 11.8. The lowest BCUT2D eigenvalue weighted by atomic mass is 9.96. The maximum Gasteiger partial charge on any atom is 0.231 e. The van der Waals surface area contributed by atoms with Crippen LogP contribution in [0.5, 0.6) is 0 Å². The molecule has 1 heterocycles. The first-order valence-corrected chi connectivity index (χ1v) is 5.52. The lowest BCUT2D eigenvalue weighted by molar-refractivity contribution is -0.132. The Morgan fingerprint density at radius 2 is 2.19 bits per heavy atom. The van der Waals surface area contributed by atoms with Gasteiger partial charge in [-0.15, -0.1) is 0 Å². The molecule has 0 fully saturated rings. The first-order valence-electron chi connectivity index (χ1n) is 5.52. The second-order valence-corrected chi connectivity index (χ2v) is 4.52. The summed E-state index contributed by atoms with van der Waals surface area (Å²) in [6.07, 6.45) is 3.71. The molecule has 4 heteroatoms. The monoisotopic (exact) mass is 221 g/mol. The van der Waals surface area contributed by atoms with Crippen molar-refractivity contribution in [2.45, 2.75) is 27.2 Å². The average molecular weight is 221 g/mol. The third-order valence-electron chi connectivity index (χ3n) is 2.55. The van der Waals surface area contributed by atoms with Crippen LogP contribution in [-0.2, 0) is 4.79 Å². The third-order valence-corrected chi connectivity index (χ3v) is 2.55. The third kappa shape index (κ3) is 2.56. The van der Waals surface area contributed by atoms with Gasteiger partial charge >= 0.3 is 0 Å². The molecule has 1 aliphatic rings. The highest BCUT2D eigenvalue weighted by Crippen LogP contribution is 2.25. The average Bonchev–Trinajstić information content (AvgIpc) is 2.23. The first kappa shape index (κ1) is 12.6. The number of nitrogens with one attached hydrogen (secondary N) is 1. The van der Waals surface area contributed by atoms with Crippen LogP contribution in [0.1, 0.15) is 27.2 Å². The quantitative estimate of drug-likeness (QED) is 0.729. The van der Waals surface area contributed by atoms with Gasteiger partial charge in [0.25, 0.3) is 0 Å². The molecule has 0 saturated carbocycles. The second-order valence-electron chi connectivity index (χ2n) is 4.52. The molecule has 0 aliphatic carbocycles. The molecule has 1 unspecified atom stereocenters. The summed E-state index contributed by atoms with van der Waals surface area (Å²) in [7, 11) is 1.72. The van der Waals surface area contributed by atoms with Gasteiger partial charge < -0.3 is 5.41 Å². The van der Waals surface area contributed by atoms with E-state index in [1.807, 2.05) is 20.8 Å². The van der Waals surface area contributed by atoms with Gasteiger partial charge in [0.05, 0.1) is 0 Å². The van der Waals surface area contributed by atoms with Crippen LogP contribution in [-0.4, -0.2) is 30.3 Å². The maximum absolute atomic E-state index is 11.8. The second kappa shape index (κ2) is 5.05. The highest BCUT2D eigenvalue weighted by atomic mass is 16.2. The van der Waals surface area contributed by atoms with Gasteiger partial charge in [-0.05, 0) is 12.3 Å². The fourth-order valence-electron chi connectivity index (χ4n) is 1.67. The SMILES string of the molecule is CC(C)/C=N\C1=C(C=N)CC(C)C(=O)N1C.